The van der Waals surface area contributed by atoms with E-state index in [0.717, 1.165) is 11.5 Å². The number of aryl methyl sites for hydroxylation is 1. The predicted octanol–water partition coefficient (Wildman–Crippen LogP) is 1.04. The summed E-state index contributed by atoms with van der Waals surface area (Å²) in [4.78, 5) is 10.4. The minimum Gasteiger partial charge on any atom is -0.482 e. The molecule has 6 nitrogen and oxygen atoms in total. The fourth-order valence-corrected chi connectivity index (χ4v) is 1.41. The number of carbonyl (C=O) groups is 1. The molecule has 0 amide bonds. The van der Waals surface area contributed by atoms with E-state index in [9.17, 15) is 4.79 Å². The molecule has 0 atom stereocenters. The van der Waals surface area contributed by atoms with Gasteiger partial charge in [-0.1, -0.05) is 6.07 Å². The van der Waals surface area contributed by atoms with Crippen molar-refractivity contribution in [1.29, 1.82) is 0 Å². The quantitative estimate of drug-likeness (QED) is 0.853. The molecule has 88 valence electrons. The molecule has 0 saturated heterocycles. The molecule has 1 heterocycles. The largest absolute Gasteiger partial charge is 0.482 e. The molecule has 1 aromatic carbocycles. The Morgan fingerprint density at radius 1 is 1.53 bits per heavy atom. The average Bonchev–Trinajstić information content (AvgIpc) is 2.73. The number of benzene rings is 1. The Morgan fingerprint density at radius 2 is 2.35 bits per heavy atom. The summed E-state index contributed by atoms with van der Waals surface area (Å²) in [7, 11) is 0. The highest BCUT2D eigenvalue weighted by Gasteiger charge is 2.04. The summed E-state index contributed by atoms with van der Waals surface area (Å²) in [5.74, 6) is 0.245. The van der Waals surface area contributed by atoms with Crippen LogP contribution in [-0.4, -0.2) is 32.4 Å². The average molecular weight is 233 g/mol. The lowest BCUT2D eigenvalue weighted by atomic mass is 10.3. The number of hydrogen-bond acceptors (Lipinski definition) is 4. The number of nitrogens with zero attached hydrogens (tertiary/aromatic N) is 3. The third-order valence-corrected chi connectivity index (χ3v) is 2.18. The van der Waals surface area contributed by atoms with Crippen LogP contribution < -0.4 is 4.74 Å². The first kappa shape index (κ1) is 11.1. The summed E-state index contributed by atoms with van der Waals surface area (Å²) in [6, 6.07) is 7.08. The normalized spacial score (nSPS) is 10.2. The second-order valence-corrected chi connectivity index (χ2v) is 3.43. The topological polar surface area (TPSA) is 77.2 Å². The van der Waals surface area contributed by atoms with Crippen LogP contribution in [-0.2, 0) is 4.79 Å². The van der Waals surface area contributed by atoms with E-state index in [0.29, 0.717) is 5.75 Å². The van der Waals surface area contributed by atoms with Crippen molar-refractivity contribution in [3.63, 3.8) is 0 Å². The lowest BCUT2D eigenvalue weighted by Crippen LogP contribution is -2.09. The molecule has 0 spiro atoms. The van der Waals surface area contributed by atoms with E-state index in [2.05, 4.69) is 10.2 Å². The van der Waals surface area contributed by atoms with Gasteiger partial charge in [-0.05, 0) is 19.1 Å². The van der Waals surface area contributed by atoms with Crippen molar-refractivity contribution in [2.45, 2.75) is 6.92 Å². The van der Waals surface area contributed by atoms with Crippen LogP contribution in [0.3, 0.4) is 0 Å². The molecule has 0 unspecified atom stereocenters. The maximum Gasteiger partial charge on any atom is 0.341 e. The molecule has 0 fully saturated rings. The molecule has 0 radical (unpaired) electrons. The van der Waals surface area contributed by atoms with Crippen LogP contribution in [0.25, 0.3) is 5.69 Å². The summed E-state index contributed by atoms with van der Waals surface area (Å²) in [5.41, 5.74) is 0.829. The standard InChI is InChI=1S/C11H11N3O3/c1-8-13-12-7-14(8)9-3-2-4-10(5-9)17-6-11(15)16/h2-5,7H,6H2,1H3,(H,15,16). The number of ether oxygens (including phenoxy) is 1. The monoisotopic (exact) mass is 233 g/mol. The van der Waals surface area contributed by atoms with Gasteiger partial charge >= 0.3 is 5.97 Å². The van der Waals surface area contributed by atoms with Crippen molar-refractivity contribution >= 4 is 5.97 Å². The summed E-state index contributed by atoms with van der Waals surface area (Å²) in [6.07, 6.45) is 1.59. The number of aromatic nitrogens is 3. The molecule has 0 bridgehead atoms. The molecule has 0 aliphatic carbocycles. The van der Waals surface area contributed by atoms with Crippen LogP contribution in [0.2, 0.25) is 0 Å². The van der Waals surface area contributed by atoms with Gasteiger partial charge in [0.05, 0.1) is 5.69 Å². The zero-order valence-corrected chi connectivity index (χ0v) is 9.20. The van der Waals surface area contributed by atoms with Crippen molar-refractivity contribution in [2.24, 2.45) is 0 Å². The van der Waals surface area contributed by atoms with Gasteiger partial charge in [0.1, 0.15) is 17.9 Å². The van der Waals surface area contributed by atoms with Crippen molar-refractivity contribution < 1.29 is 14.6 Å². The lowest BCUT2D eigenvalue weighted by Gasteiger charge is -2.07. The molecule has 0 aliphatic rings. The number of carboxylic acids is 1. The van der Waals surface area contributed by atoms with E-state index in [-0.39, 0.29) is 6.61 Å². The van der Waals surface area contributed by atoms with Crippen LogP contribution in [0.15, 0.2) is 30.6 Å². The van der Waals surface area contributed by atoms with Crippen LogP contribution in [0.5, 0.6) is 5.75 Å². The van der Waals surface area contributed by atoms with E-state index in [1.165, 1.54) is 0 Å². The minimum absolute atomic E-state index is 0.357. The van der Waals surface area contributed by atoms with E-state index in [1.807, 2.05) is 13.0 Å². The number of aliphatic carboxylic acids is 1. The maximum absolute atomic E-state index is 10.4. The Hall–Kier alpha value is -2.37. The number of rotatable bonds is 4. The SMILES string of the molecule is Cc1nncn1-c1cccc(OCC(=O)O)c1. The molecule has 6 heteroatoms. The zero-order chi connectivity index (χ0) is 12.3. The number of hydrogen-bond donors (Lipinski definition) is 1. The van der Waals surface area contributed by atoms with Crippen LogP contribution in [0.4, 0.5) is 0 Å². The molecule has 2 rings (SSSR count). The molecular formula is C11H11N3O3. The van der Waals surface area contributed by atoms with E-state index in [1.54, 1.807) is 29.1 Å². The second-order valence-electron chi connectivity index (χ2n) is 3.43. The van der Waals surface area contributed by atoms with Gasteiger partial charge in [0, 0.05) is 6.07 Å². The van der Waals surface area contributed by atoms with Gasteiger partial charge in [0.15, 0.2) is 6.61 Å². The molecule has 2 aromatic rings. The molecule has 1 N–H and O–H groups in total. The summed E-state index contributed by atoms with van der Waals surface area (Å²) >= 11 is 0. The third kappa shape index (κ3) is 2.60. The number of carboxylic acid groups (broad SMARTS) is 1. The van der Waals surface area contributed by atoms with Gasteiger partial charge in [-0.25, -0.2) is 4.79 Å². The van der Waals surface area contributed by atoms with Gasteiger partial charge < -0.3 is 9.84 Å². The highest BCUT2D eigenvalue weighted by atomic mass is 16.5. The smallest absolute Gasteiger partial charge is 0.341 e. The lowest BCUT2D eigenvalue weighted by molar-refractivity contribution is -0.139. The molecule has 17 heavy (non-hydrogen) atoms. The van der Waals surface area contributed by atoms with Gasteiger partial charge in [-0.3, -0.25) is 4.57 Å². The highest BCUT2D eigenvalue weighted by molar-refractivity contribution is 5.68. The van der Waals surface area contributed by atoms with Crippen molar-refractivity contribution in [3.8, 4) is 11.4 Å². The van der Waals surface area contributed by atoms with E-state index >= 15 is 0 Å². The summed E-state index contributed by atoms with van der Waals surface area (Å²) in [5, 5.41) is 16.2. The molecular weight excluding hydrogens is 222 g/mol. The minimum atomic E-state index is -1.00. The Balaban J connectivity index is 2.23. The molecule has 0 aliphatic heterocycles. The Morgan fingerprint density at radius 3 is 3.00 bits per heavy atom. The Labute approximate surface area is 97.5 Å². The van der Waals surface area contributed by atoms with Gasteiger partial charge in [-0.15, -0.1) is 10.2 Å². The van der Waals surface area contributed by atoms with Crippen LogP contribution in [0.1, 0.15) is 5.82 Å². The summed E-state index contributed by atoms with van der Waals surface area (Å²) < 4.78 is 6.88. The van der Waals surface area contributed by atoms with Gasteiger partial charge in [0.25, 0.3) is 0 Å². The van der Waals surface area contributed by atoms with Gasteiger partial charge in [0.2, 0.25) is 0 Å². The maximum atomic E-state index is 10.4. The van der Waals surface area contributed by atoms with Gasteiger partial charge in [-0.2, -0.15) is 0 Å². The van der Waals surface area contributed by atoms with Crippen molar-refractivity contribution in [1.82, 2.24) is 14.8 Å². The molecule has 1 aromatic heterocycles. The van der Waals surface area contributed by atoms with Crippen molar-refractivity contribution in [3.05, 3.63) is 36.4 Å². The Kier molecular flexibility index (Phi) is 3.04. The third-order valence-electron chi connectivity index (χ3n) is 2.18. The van der Waals surface area contributed by atoms with Crippen LogP contribution in [0, 0.1) is 6.92 Å². The van der Waals surface area contributed by atoms with Crippen LogP contribution >= 0.6 is 0 Å². The highest BCUT2D eigenvalue weighted by Crippen LogP contribution is 2.17. The first-order chi connectivity index (χ1) is 8.16. The van der Waals surface area contributed by atoms with E-state index in [4.69, 9.17) is 9.84 Å². The molecule has 0 saturated carbocycles. The second kappa shape index (κ2) is 4.65. The zero-order valence-electron chi connectivity index (χ0n) is 9.20. The van der Waals surface area contributed by atoms with E-state index < -0.39 is 5.97 Å². The predicted molar refractivity (Wildman–Crippen MR) is 59.2 cm³/mol. The first-order valence-electron chi connectivity index (χ1n) is 4.98. The first-order valence-corrected chi connectivity index (χ1v) is 4.98. The Bertz CT molecular complexity index is 536. The fourth-order valence-electron chi connectivity index (χ4n) is 1.41. The summed E-state index contributed by atoms with van der Waals surface area (Å²) in [6.45, 7) is 1.47. The fraction of sp³-hybridized carbons (Fsp3) is 0.182. The van der Waals surface area contributed by atoms with Crippen molar-refractivity contribution in [2.75, 3.05) is 6.61 Å².